The molecule has 0 aromatic heterocycles. The van der Waals surface area contributed by atoms with Crippen LogP contribution in [0.15, 0.2) is 48.5 Å². The largest absolute Gasteiger partial charge is 0.495 e. The molecule has 4 nitrogen and oxygen atoms in total. The topological polar surface area (TPSA) is 44.8 Å². The van der Waals surface area contributed by atoms with Gasteiger partial charge < -0.3 is 4.74 Å². The van der Waals surface area contributed by atoms with Crippen molar-refractivity contribution in [3.05, 3.63) is 54.1 Å². The van der Waals surface area contributed by atoms with E-state index in [1.807, 2.05) is 36.4 Å². The van der Waals surface area contributed by atoms with Crippen molar-refractivity contribution in [3.63, 3.8) is 0 Å². The highest BCUT2D eigenvalue weighted by atomic mass is 17.2. The van der Waals surface area contributed by atoms with E-state index in [0.717, 1.165) is 21.5 Å². The minimum absolute atomic E-state index is 0.335. The minimum atomic E-state index is -0.579. The smallest absolute Gasteiger partial charge is 0.376 e. The third-order valence-corrected chi connectivity index (χ3v) is 3.42. The summed E-state index contributed by atoms with van der Waals surface area (Å²) in [5, 5.41) is 4.08. The fourth-order valence-electron chi connectivity index (χ4n) is 2.49. The van der Waals surface area contributed by atoms with Crippen LogP contribution in [0.25, 0.3) is 21.5 Å². The predicted octanol–water partition coefficient (Wildman–Crippen LogP) is 3.72. The Kier molecular flexibility index (Phi) is 3.46. The Hall–Kier alpha value is -2.59. The van der Waals surface area contributed by atoms with Gasteiger partial charge in [0.2, 0.25) is 0 Å². The van der Waals surface area contributed by atoms with E-state index in [-0.39, 0.29) is 0 Å². The maximum absolute atomic E-state index is 11.9. The van der Waals surface area contributed by atoms with Crippen molar-refractivity contribution in [2.24, 2.45) is 0 Å². The van der Waals surface area contributed by atoms with Crippen LogP contribution in [0, 0.1) is 0 Å². The highest BCUT2D eigenvalue weighted by Gasteiger charge is 2.17. The third-order valence-electron chi connectivity index (χ3n) is 3.42. The molecule has 0 atom stereocenters. The van der Waals surface area contributed by atoms with Crippen LogP contribution < -0.4 is 4.74 Å². The Morgan fingerprint density at radius 2 is 1.62 bits per heavy atom. The van der Waals surface area contributed by atoms with E-state index in [1.54, 1.807) is 6.07 Å². The molecule has 21 heavy (non-hydrogen) atoms. The monoisotopic (exact) mass is 282 g/mol. The van der Waals surface area contributed by atoms with Gasteiger partial charge in [0.25, 0.3) is 0 Å². The number of hydrogen-bond donors (Lipinski definition) is 0. The van der Waals surface area contributed by atoms with Crippen molar-refractivity contribution in [1.82, 2.24) is 0 Å². The average Bonchev–Trinajstić information content (AvgIpc) is 2.52. The molecule has 4 heteroatoms. The molecule has 0 amide bonds. The van der Waals surface area contributed by atoms with E-state index >= 15 is 0 Å². The summed E-state index contributed by atoms with van der Waals surface area (Å²) >= 11 is 0. The normalized spacial score (nSPS) is 10.8. The third kappa shape index (κ3) is 2.30. The second-order valence-corrected chi connectivity index (χ2v) is 4.60. The number of ether oxygens (including phenoxy) is 1. The van der Waals surface area contributed by atoms with E-state index in [4.69, 9.17) is 4.74 Å². The van der Waals surface area contributed by atoms with Crippen molar-refractivity contribution in [3.8, 4) is 5.75 Å². The molecule has 0 saturated carbocycles. The maximum Gasteiger partial charge on any atom is 0.376 e. The molecular weight excluding hydrogens is 268 g/mol. The first kappa shape index (κ1) is 13.4. The summed E-state index contributed by atoms with van der Waals surface area (Å²) in [6, 6.07) is 15.7. The van der Waals surface area contributed by atoms with Gasteiger partial charge in [0.1, 0.15) is 11.3 Å². The van der Waals surface area contributed by atoms with Gasteiger partial charge in [-0.2, -0.15) is 4.89 Å². The Morgan fingerprint density at radius 1 is 0.905 bits per heavy atom. The lowest BCUT2D eigenvalue weighted by Crippen LogP contribution is -2.06. The minimum Gasteiger partial charge on any atom is -0.495 e. The van der Waals surface area contributed by atoms with Crippen LogP contribution in [-0.4, -0.2) is 20.2 Å². The van der Waals surface area contributed by atoms with Crippen LogP contribution in [0.1, 0.15) is 10.4 Å². The van der Waals surface area contributed by atoms with Gasteiger partial charge in [0.05, 0.1) is 14.2 Å². The molecule has 0 N–H and O–H groups in total. The van der Waals surface area contributed by atoms with Crippen LogP contribution in [0.2, 0.25) is 0 Å². The molecule has 0 fully saturated rings. The first-order chi connectivity index (χ1) is 10.2. The summed E-state index contributed by atoms with van der Waals surface area (Å²) < 4.78 is 5.42. The van der Waals surface area contributed by atoms with Crippen LogP contribution in [0.4, 0.5) is 0 Å². The van der Waals surface area contributed by atoms with E-state index in [9.17, 15) is 4.79 Å². The number of fused-ring (bicyclic) bond motifs is 2. The SMILES string of the molecule is COOC(=O)c1ccc2cc3ccccc3cc2c1OC. The van der Waals surface area contributed by atoms with E-state index in [0.29, 0.717) is 11.3 Å². The highest BCUT2D eigenvalue weighted by molar-refractivity contribution is 6.06. The number of carbonyl (C=O) groups is 1. The van der Waals surface area contributed by atoms with Crippen molar-refractivity contribution in [2.45, 2.75) is 0 Å². The molecule has 0 heterocycles. The van der Waals surface area contributed by atoms with Crippen LogP contribution in [0.3, 0.4) is 0 Å². The number of benzene rings is 3. The highest BCUT2D eigenvalue weighted by Crippen LogP contribution is 2.33. The van der Waals surface area contributed by atoms with Gasteiger partial charge in [-0.15, -0.1) is 0 Å². The number of rotatable bonds is 3. The maximum atomic E-state index is 11.9. The summed E-state index contributed by atoms with van der Waals surface area (Å²) in [5.74, 6) is -0.0929. The molecule has 0 saturated heterocycles. The first-order valence-corrected chi connectivity index (χ1v) is 6.49. The zero-order valence-corrected chi connectivity index (χ0v) is 11.8. The lowest BCUT2D eigenvalue weighted by Gasteiger charge is -2.11. The molecule has 3 aromatic rings. The molecule has 0 aliphatic carbocycles. The second-order valence-electron chi connectivity index (χ2n) is 4.60. The molecule has 0 aliphatic rings. The standard InChI is InChI=1S/C17H14O4/c1-19-16-14(17(18)21-20-2)8-7-13-9-11-5-3-4-6-12(11)10-15(13)16/h3-10H,1-2H3. The summed E-state index contributed by atoms with van der Waals surface area (Å²) in [4.78, 5) is 20.9. The zero-order valence-electron chi connectivity index (χ0n) is 11.8. The van der Waals surface area contributed by atoms with Crippen molar-refractivity contribution >= 4 is 27.5 Å². The number of hydrogen-bond acceptors (Lipinski definition) is 4. The van der Waals surface area contributed by atoms with Gasteiger partial charge in [-0.1, -0.05) is 30.3 Å². The van der Waals surface area contributed by atoms with Crippen LogP contribution >= 0.6 is 0 Å². The molecule has 106 valence electrons. The van der Waals surface area contributed by atoms with Crippen LogP contribution in [-0.2, 0) is 9.78 Å². The van der Waals surface area contributed by atoms with Crippen molar-refractivity contribution in [1.29, 1.82) is 0 Å². The summed E-state index contributed by atoms with van der Waals surface area (Å²) in [5.41, 5.74) is 0.335. The van der Waals surface area contributed by atoms with Crippen LogP contribution in [0.5, 0.6) is 5.75 Å². The second kappa shape index (κ2) is 5.42. The Balaban J connectivity index is 2.29. The van der Waals surface area contributed by atoms with Crippen molar-refractivity contribution in [2.75, 3.05) is 14.2 Å². The number of methoxy groups -OCH3 is 1. The average molecular weight is 282 g/mol. The quantitative estimate of drug-likeness (QED) is 0.417. The molecule has 3 aromatic carbocycles. The summed E-state index contributed by atoms with van der Waals surface area (Å²) in [6.07, 6.45) is 0. The molecule has 0 bridgehead atoms. The number of carbonyl (C=O) groups excluding carboxylic acids is 1. The van der Waals surface area contributed by atoms with E-state index in [2.05, 4.69) is 15.8 Å². The first-order valence-electron chi connectivity index (χ1n) is 6.49. The Morgan fingerprint density at radius 3 is 2.29 bits per heavy atom. The fraction of sp³-hybridized carbons (Fsp3) is 0.118. The molecule has 3 rings (SSSR count). The van der Waals surface area contributed by atoms with Gasteiger partial charge in [0.15, 0.2) is 0 Å². The van der Waals surface area contributed by atoms with Gasteiger partial charge in [-0.25, -0.2) is 4.79 Å². The Bertz CT molecular complexity index is 823. The molecule has 0 radical (unpaired) electrons. The fourth-order valence-corrected chi connectivity index (χ4v) is 2.49. The van der Waals surface area contributed by atoms with Gasteiger partial charge in [0, 0.05) is 5.39 Å². The molecule has 0 unspecified atom stereocenters. The summed E-state index contributed by atoms with van der Waals surface area (Å²) in [6.45, 7) is 0. The van der Waals surface area contributed by atoms with Gasteiger partial charge in [-0.3, -0.25) is 4.89 Å². The lowest BCUT2D eigenvalue weighted by atomic mass is 10.0. The predicted molar refractivity (Wildman–Crippen MR) is 80.4 cm³/mol. The molecular formula is C17H14O4. The van der Waals surface area contributed by atoms with Gasteiger partial charge in [-0.05, 0) is 34.4 Å². The summed E-state index contributed by atoms with van der Waals surface area (Å²) in [7, 11) is 2.83. The molecule has 0 aliphatic heterocycles. The zero-order chi connectivity index (χ0) is 14.8. The lowest BCUT2D eigenvalue weighted by molar-refractivity contribution is -0.216. The molecule has 0 spiro atoms. The van der Waals surface area contributed by atoms with E-state index < -0.39 is 5.97 Å². The van der Waals surface area contributed by atoms with Crippen molar-refractivity contribution < 1.29 is 19.3 Å². The van der Waals surface area contributed by atoms with Gasteiger partial charge >= 0.3 is 5.97 Å². The van der Waals surface area contributed by atoms with E-state index in [1.165, 1.54) is 14.2 Å². The Labute approximate surface area is 121 Å².